The highest BCUT2D eigenvalue weighted by Crippen LogP contribution is 2.30. The monoisotopic (exact) mass is 314 g/mol. The van der Waals surface area contributed by atoms with Gasteiger partial charge in [-0.3, -0.25) is 4.68 Å². The average Bonchev–Trinajstić information content (AvgIpc) is 2.53. The number of aryl methyl sites for hydroxylation is 2. The molecule has 4 heteroatoms. The van der Waals surface area contributed by atoms with Gasteiger partial charge in [-0.2, -0.15) is 5.10 Å². The molecule has 0 bridgehead atoms. The molecule has 0 aliphatic heterocycles. The fourth-order valence-electron chi connectivity index (χ4n) is 2.96. The van der Waals surface area contributed by atoms with Crippen molar-refractivity contribution in [1.82, 2.24) is 9.78 Å². The van der Waals surface area contributed by atoms with Gasteiger partial charge in [0.1, 0.15) is 0 Å². The predicted molar refractivity (Wildman–Crippen MR) is 76.6 cm³/mol. The quantitative estimate of drug-likeness (QED) is 0.868. The van der Waals surface area contributed by atoms with Crippen LogP contribution in [0.5, 0.6) is 0 Å². The highest BCUT2D eigenvalue weighted by Gasteiger charge is 2.22. The number of aliphatic hydroxyl groups excluding tert-OH is 1. The van der Waals surface area contributed by atoms with Crippen molar-refractivity contribution < 1.29 is 5.11 Å². The minimum atomic E-state index is -0.102. The third-order valence-corrected chi connectivity index (χ3v) is 4.97. The van der Waals surface area contributed by atoms with E-state index in [1.165, 1.54) is 25.0 Å². The maximum absolute atomic E-state index is 9.90. The third kappa shape index (κ3) is 3.15. The van der Waals surface area contributed by atoms with Gasteiger partial charge in [0.15, 0.2) is 0 Å². The van der Waals surface area contributed by atoms with Gasteiger partial charge < -0.3 is 5.11 Å². The first kappa shape index (κ1) is 14.1. The molecule has 2 unspecified atom stereocenters. The maximum atomic E-state index is 9.90. The summed E-state index contributed by atoms with van der Waals surface area (Å²) >= 11 is 3.66. The Morgan fingerprint density at radius 1 is 1.39 bits per heavy atom. The van der Waals surface area contributed by atoms with E-state index in [4.69, 9.17) is 0 Å². The molecule has 0 amide bonds. The van der Waals surface area contributed by atoms with Gasteiger partial charge in [-0.1, -0.05) is 12.8 Å². The molecule has 18 heavy (non-hydrogen) atoms. The molecule has 3 nitrogen and oxygen atoms in total. The first-order valence-electron chi connectivity index (χ1n) is 7.01. The lowest BCUT2D eigenvalue weighted by molar-refractivity contribution is 0.141. The Kier molecular flexibility index (Phi) is 4.84. The maximum Gasteiger partial charge on any atom is 0.0738 e. The second-order valence-corrected chi connectivity index (χ2v) is 6.20. The molecule has 102 valence electrons. The van der Waals surface area contributed by atoms with E-state index in [0.717, 1.165) is 36.0 Å². The number of rotatable bonds is 3. The van der Waals surface area contributed by atoms with E-state index in [0.29, 0.717) is 5.92 Å². The van der Waals surface area contributed by atoms with Gasteiger partial charge in [-0.25, -0.2) is 0 Å². The van der Waals surface area contributed by atoms with Crippen molar-refractivity contribution in [3.8, 4) is 0 Å². The molecule has 1 heterocycles. The van der Waals surface area contributed by atoms with E-state index in [-0.39, 0.29) is 6.10 Å². The standard InChI is InChI=1S/C14H23BrN2O/c1-3-17-13(14(15)10(2)16-17)9-11-6-4-5-7-12(18)8-11/h11-12,18H,3-9H2,1-2H3. The molecular weight excluding hydrogens is 292 g/mol. The van der Waals surface area contributed by atoms with Crippen LogP contribution in [0, 0.1) is 12.8 Å². The summed E-state index contributed by atoms with van der Waals surface area (Å²) in [5.74, 6) is 0.597. The van der Waals surface area contributed by atoms with E-state index >= 15 is 0 Å². The molecule has 2 rings (SSSR count). The van der Waals surface area contributed by atoms with Gasteiger partial charge >= 0.3 is 0 Å². The van der Waals surface area contributed by atoms with Crippen LogP contribution in [-0.4, -0.2) is 21.0 Å². The smallest absolute Gasteiger partial charge is 0.0738 e. The zero-order valence-electron chi connectivity index (χ0n) is 11.3. The lowest BCUT2D eigenvalue weighted by Crippen LogP contribution is -2.15. The van der Waals surface area contributed by atoms with Crippen molar-refractivity contribution in [1.29, 1.82) is 0 Å². The van der Waals surface area contributed by atoms with E-state index in [1.54, 1.807) is 0 Å². The first-order valence-corrected chi connectivity index (χ1v) is 7.81. The number of aromatic nitrogens is 2. The van der Waals surface area contributed by atoms with Crippen LogP contribution in [-0.2, 0) is 13.0 Å². The van der Waals surface area contributed by atoms with Gasteiger partial charge in [0.05, 0.1) is 22.0 Å². The average molecular weight is 315 g/mol. The first-order chi connectivity index (χ1) is 8.61. The Balaban J connectivity index is 2.12. The molecule has 1 fully saturated rings. The summed E-state index contributed by atoms with van der Waals surface area (Å²) in [6.07, 6.45) is 6.51. The molecule has 1 aliphatic carbocycles. The van der Waals surface area contributed by atoms with Crippen molar-refractivity contribution in [3.63, 3.8) is 0 Å². The minimum Gasteiger partial charge on any atom is -0.393 e. The molecule has 0 aromatic carbocycles. The number of halogens is 1. The Hall–Kier alpha value is -0.350. The minimum absolute atomic E-state index is 0.102. The molecular formula is C14H23BrN2O. The topological polar surface area (TPSA) is 38.0 Å². The van der Waals surface area contributed by atoms with Gasteiger partial charge in [0.25, 0.3) is 0 Å². The molecule has 1 N–H and O–H groups in total. The van der Waals surface area contributed by atoms with E-state index in [1.807, 2.05) is 6.92 Å². The van der Waals surface area contributed by atoms with Crippen molar-refractivity contribution in [2.75, 3.05) is 0 Å². The summed E-state index contributed by atoms with van der Waals surface area (Å²) in [5.41, 5.74) is 2.37. The van der Waals surface area contributed by atoms with Crippen LogP contribution in [0.3, 0.4) is 0 Å². The van der Waals surface area contributed by atoms with E-state index in [2.05, 4.69) is 32.6 Å². The second-order valence-electron chi connectivity index (χ2n) is 5.41. The van der Waals surface area contributed by atoms with Gasteiger partial charge in [0.2, 0.25) is 0 Å². The van der Waals surface area contributed by atoms with Crippen molar-refractivity contribution in [2.45, 2.75) is 65.0 Å². The van der Waals surface area contributed by atoms with Gasteiger partial charge in [0, 0.05) is 6.54 Å². The summed E-state index contributed by atoms with van der Waals surface area (Å²) < 4.78 is 3.25. The van der Waals surface area contributed by atoms with Crippen molar-refractivity contribution >= 4 is 15.9 Å². The molecule has 1 aliphatic rings. The van der Waals surface area contributed by atoms with Crippen LogP contribution in [0.25, 0.3) is 0 Å². The number of hydrogen-bond donors (Lipinski definition) is 1. The molecule has 1 aromatic heterocycles. The fourth-order valence-corrected chi connectivity index (χ4v) is 3.40. The predicted octanol–water partition coefficient (Wildman–Crippen LogP) is 3.46. The summed E-state index contributed by atoms with van der Waals surface area (Å²) in [4.78, 5) is 0. The van der Waals surface area contributed by atoms with Crippen LogP contribution in [0.2, 0.25) is 0 Å². The summed E-state index contributed by atoms with van der Waals surface area (Å²) in [7, 11) is 0. The molecule has 1 aromatic rings. The molecule has 2 atom stereocenters. The Labute approximate surface area is 118 Å². The SMILES string of the molecule is CCn1nc(C)c(Br)c1CC1CCCCC(O)C1. The fraction of sp³-hybridized carbons (Fsp3) is 0.786. The van der Waals surface area contributed by atoms with E-state index < -0.39 is 0 Å². The Bertz CT molecular complexity index is 403. The lowest BCUT2D eigenvalue weighted by atomic mass is 9.94. The second kappa shape index (κ2) is 6.20. The number of nitrogens with zero attached hydrogens (tertiary/aromatic N) is 2. The van der Waals surface area contributed by atoms with Gasteiger partial charge in [-0.15, -0.1) is 0 Å². The summed E-state index contributed by atoms with van der Waals surface area (Å²) in [6, 6.07) is 0. The van der Waals surface area contributed by atoms with Crippen LogP contribution in [0.1, 0.15) is 50.4 Å². The summed E-state index contributed by atoms with van der Waals surface area (Å²) in [6.45, 7) is 5.09. The van der Waals surface area contributed by atoms with Gasteiger partial charge in [-0.05, 0) is 61.4 Å². The summed E-state index contributed by atoms with van der Waals surface area (Å²) in [5, 5.41) is 14.4. The van der Waals surface area contributed by atoms with Crippen molar-refractivity contribution in [2.24, 2.45) is 5.92 Å². The zero-order chi connectivity index (χ0) is 13.1. The highest BCUT2D eigenvalue weighted by atomic mass is 79.9. The largest absolute Gasteiger partial charge is 0.393 e. The Morgan fingerprint density at radius 3 is 2.83 bits per heavy atom. The molecule has 1 saturated carbocycles. The lowest BCUT2D eigenvalue weighted by Gasteiger charge is -2.17. The van der Waals surface area contributed by atoms with Crippen molar-refractivity contribution in [3.05, 3.63) is 15.9 Å². The van der Waals surface area contributed by atoms with Crippen LogP contribution >= 0.6 is 15.9 Å². The normalized spacial score (nSPS) is 25.1. The van der Waals surface area contributed by atoms with Crippen LogP contribution in [0.15, 0.2) is 4.47 Å². The van der Waals surface area contributed by atoms with Crippen LogP contribution < -0.4 is 0 Å². The number of aliphatic hydroxyl groups is 1. The molecule has 0 spiro atoms. The molecule has 0 saturated heterocycles. The third-order valence-electron chi connectivity index (χ3n) is 3.94. The molecule has 0 radical (unpaired) electrons. The van der Waals surface area contributed by atoms with E-state index in [9.17, 15) is 5.11 Å². The zero-order valence-corrected chi connectivity index (χ0v) is 12.9. The number of hydrogen-bond acceptors (Lipinski definition) is 2. The van der Waals surface area contributed by atoms with Crippen LogP contribution in [0.4, 0.5) is 0 Å². The highest BCUT2D eigenvalue weighted by molar-refractivity contribution is 9.10. The Morgan fingerprint density at radius 2 is 2.11 bits per heavy atom.